The summed E-state index contributed by atoms with van der Waals surface area (Å²) < 4.78 is 6.66. The van der Waals surface area contributed by atoms with Crippen molar-refractivity contribution >= 4 is 11.7 Å². The third kappa shape index (κ3) is 3.54. The number of ether oxygens (including phenoxy) is 1. The number of nitrogens with one attached hydrogen (secondary N) is 1. The van der Waals surface area contributed by atoms with Crippen LogP contribution in [0.4, 0.5) is 10.5 Å². The van der Waals surface area contributed by atoms with Gasteiger partial charge in [0.25, 0.3) is 0 Å². The first-order valence-electron chi connectivity index (χ1n) is 5.21. The number of rotatable bonds is 5. The molecule has 6 nitrogen and oxygen atoms in total. The highest BCUT2D eigenvalue weighted by molar-refractivity contribution is 5.88. The number of urea groups is 1. The Labute approximate surface area is 95.2 Å². The van der Waals surface area contributed by atoms with Crippen LogP contribution < -0.4 is 5.32 Å². The summed E-state index contributed by atoms with van der Waals surface area (Å²) in [5.74, 6) is 0. The summed E-state index contributed by atoms with van der Waals surface area (Å²) in [7, 11) is 3.38. The molecule has 1 rings (SSSR count). The minimum absolute atomic E-state index is 0.131. The molecule has 0 radical (unpaired) electrons. The number of aromatic nitrogens is 2. The minimum Gasteiger partial charge on any atom is -0.383 e. The van der Waals surface area contributed by atoms with Crippen LogP contribution >= 0.6 is 0 Å². The molecule has 0 saturated heterocycles. The molecule has 1 aromatic rings. The Morgan fingerprint density at radius 3 is 3.06 bits per heavy atom. The zero-order chi connectivity index (χ0) is 12.0. The highest BCUT2D eigenvalue weighted by Crippen LogP contribution is 2.05. The van der Waals surface area contributed by atoms with Gasteiger partial charge in [0.1, 0.15) is 0 Å². The SMILES string of the molecule is CCN(C)C(=O)Nc1cnn(CCOC)c1. The summed E-state index contributed by atoms with van der Waals surface area (Å²) in [6.07, 6.45) is 3.40. The zero-order valence-corrected chi connectivity index (χ0v) is 9.93. The molecule has 6 heteroatoms. The Hall–Kier alpha value is -1.56. The van der Waals surface area contributed by atoms with E-state index >= 15 is 0 Å². The highest BCUT2D eigenvalue weighted by Gasteiger charge is 2.07. The lowest BCUT2D eigenvalue weighted by molar-refractivity contribution is 0.183. The molecule has 2 amide bonds. The van der Waals surface area contributed by atoms with E-state index in [0.717, 1.165) is 0 Å². The molecule has 0 bridgehead atoms. The molecule has 0 spiro atoms. The van der Waals surface area contributed by atoms with Crippen LogP contribution in [-0.4, -0.2) is 48.0 Å². The predicted octanol–water partition coefficient (Wildman–Crippen LogP) is 1.01. The normalized spacial score (nSPS) is 10.2. The van der Waals surface area contributed by atoms with Gasteiger partial charge in [0.2, 0.25) is 0 Å². The van der Waals surface area contributed by atoms with Crippen LogP contribution in [0.15, 0.2) is 12.4 Å². The van der Waals surface area contributed by atoms with Gasteiger partial charge in [-0.15, -0.1) is 0 Å². The van der Waals surface area contributed by atoms with Gasteiger partial charge in [0.05, 0.1) is 25.0 Å². The first-order valence-corrected chi connectivity index (χ1v) is 5.21. The van der Waals surface area contributed by atoms with E-state index in [-0.39, 0.29) is 6.03 Å². The average molecular weight is 226 g/mol. The number of hydrogen-bond acceptors (Lipinski definition) is 3. The summed E-state index contributed by atoms with van der Waals surface area (Å²) in [6, 6.07) is -0.131. The average Bonchev–Trinajstić information content (AvgIpc) is 2.72. The number of anilines is 1. The van der Waals surface area contributed by atoms with Gasteiger partial charge < -0.3 is 15.0 Å². The molecule has 0 aliphatic carbocycles. The van der Waals surface area contributed by atoms with Crippen molar-refractivity contribution in [3.63, 3.8) is 0 Å². The molecule has 0 unspecified atom stereocenters. The van der Waals surface area contributed by atoms with Crippen molar-refractivity contribution in [3.05, 3.63) is 12.4 Å². The molecule has 0 aliphatic rings. The zero-order valence-electron chi connectivity index (χ0n) is 9.93. The quantitative estimate of drug-likeness (QED) is 0.815. The van der Waals surface area contributed by atoms with E-state index in [4.69, 9.17) is 4.74 Å². The molecule has 0 atom stereocenters. The van der Waals surface area contributed by atoms with Crippen LogP contribution in [0.3, 0.4) is 0 Å². The highest BCUT2D eigenvalue weighted by atomic mass is 16.5. The molecule has 16 heavy (non-hydrogen) atoms. The smallest absolute Gasteiger partial charge is 0.321 e. The van der Waals surface area contributed by atoms with Gasteiger partial charge in [0, 0.05) is 26.9 Å². The molecule has 0 fully saturated rings. The standard InChI is InChI=1S/C10H18N4O2/c1-4-13(2)10(15)12-9-7-11-14(8-9)5-6-16-3/h7-8H,4-6H2,1-3H3,(H,12,15). The Morgan fingerprint density at radius 1 is 1.69 bits per heavy atom. The lowest BCUT2D eigenvalue weighted by atomic mass is 10.5. The summed E-state index contributed by atoms with van der Waals surface area (Å²) in [5.41, 5.74) is 0.696. The maximum atomic E-state index is 11.5. The third-order valence-electron chi connectivity index (χ3n) is 2.23. The molecule has 1 N–H and O–H groups in total. The number of nitrogens with zero attached hydrogens (tertiary/aromatic N) is 3. The van der Waals surface area contributed by atoms with Crippen molar-refractivity contribution in [2.45, 2.75) is 13.5 Å². The monoisotopic (exact) mass is 226 g/mol. The number of hydrogen-bond donors (Lipinski definition) is 1. The fraction of sp³-hybridized carbons (Fsp3) is 0.600. The first kappa shape index (κ1) is 12.5. The van der Waals surface area contributed by atoms with E-state index in [1.165, 1.54) is 0 Å². The lowest BCUT2D eigenvalue weighted by Gasteiger charge is -2.14. The number of carbonyl (C=O) groups is 1. The van der Waals surface area contributed by atoms with E-state index < -0.39 is 0 Å². The summed E-state index contributed by atoms with van der Waals surface area (Å²) in [4.78, 5) is 13.1. The predicted molar refractivity (Wildman–Crippen MR) is 61.4 cm³/mol. The summed E-state index contributed by atoms with van der Waals surface area (Å²) in [6.45, 7) is 3.87. The molecule has 0 aliphatic heterocycles. The minimum atomic E-state index is -0.131. The van der Waals surface area contributed by atoms with E-state index in [1.807, 2.05) is 6.92 Å². The van der Waals surface area contributed by atoms with Crippen LogP contribution in [-0.2, 0) is 11.3 Å². The van der Waals surface area contributed by atoms with Crippen molar-refractivity contribution < 1.29 is 9.53 Å². The fourth-order valence-electron chi connectivity index (χ4n) is 1.10. The second-order valence-corrected chi connectivity index (χ2v) is 3.43. The molecule has 1 heterocycles. The number of amides is 2. The van der Waals surface area contributed by atoms with Crippen LogP contribution in [0.5, 0.6) is 0 Å². The third-order valence-corrected chi connectivity index (χ3v) is 2.23. The largest absolute Gasteiger partial charge is 0.383 e. The molecule has 90 valence electrons. The Morgan fingerprint density at radius 2 is 2.44 bits per heavy atom. The van der Waals surface area contributed by atoms with Crippen molar-refractivity contribution in [1.29, 1.82) is 0 Å². The second kappa shape index (κ2) is 6.12. The molecule has 1 aromatic heterocycles. The van der Waals surface area contributed by atoms with Crippen LogP contribution in [0.25, 0.3) is 0 Å². The van der Waals surface area contributed by atoms with Crippen LogP contribution in [0, 0.1) is 0 Å². The van der Waals surface area contributed by atoms with Gasteiger partial charge in [-0.3, -0.25) is 4.68 Å². The van der Waals surface area contributed by atoms with Crippen molar-refractivity contribution in [1.82, 2.24) is 14.7 Å². The van der Waals surface area contributed by atoms with Crippen LogP contribution in [0.1, 0.15) is 6.92 Å². The van der Waals surface area contributed by atoms with Gasteiger partial charge in [-0.1, -0.05) is 0 Å². The molecule has 0 saturated carbocycles. The Balaban J connectivity index is 2.48. The molecular weight excluding hydrogens is 208 g/mol. The molecular formula is C10H18N4O2. The van der Waals surface area contributed by atoms with E-state index in [0.29, 0.717) is 25.4 Å². The summed E-state index contributed by atoms with van der Waals surface area (Å²) in [5, 5.41) is 6.85. The van der Waals surface area contributed by atoms with Crippen molar-refractivity contribution in [2.75, 3.05) is 32.6 Å². The van der Waals surface area contributed by atoms with E-state index in [2.05, 4.69) is 10.4 Å². The van der Waals surface area contributed by atoms with Crippen LogP contribution in [0.2, 0.25) is 0 Å². The fourth-order valence-corrected chi connectivity index (χ4v) is 1.10. The van der Waals surface area contributed by atoms with Crippen molar-refractivity contribution in [3.8, 4) is 0 Å². The first-order chi connectivity index (χ1) is 7.67. The van der Waals surface area contributed by atoms with Gasteiger partial charge in [-0.25, -0.2) is 4.79 Å². The van der Waals surface area contributed by atoms with E-state index in [9.17, 15) is 4.79 Å². The van der Waals surface area contributed by atoms with Gasteiger partial charge >= 0.3 is 6.03 Å². The van der Waals surface area contributed by atoms with Crippen molar-refractivity contribution in [2.24, 2.45) is 0 Å². The Kier molecular flexibility index (Phi) is 4.78. The molecule has 0 aromatic carbocycles. The Bertz CT molecular complexity index is 337. The lowest BCUT2D eigenvalue weighted by Crippen LogP contribution is -2.30. The number of methoxy groups -OCH3 is 1. The summed E-state index contributed by atoms with van der Waals surface area (Å²) >= 11 is 0. The van der Waals surface area contributed by atoms with E-state index in [1.54, 1.807) is 36.1 Å². The maximum Gasteiger partial charge on any atom is 0.321 e. The maximum absolute atomic E-state index is 11.5. The van der Waals surface area contributed by atoms with Gasteiger partial charge in [0.15, 0.2) is 0 Å². The number of carbonyl (C=O) groups excluding carboxylic acids is 1. The van der Waals surface area contributed by atoms with Gasteiger partial charge in [-0.05, 0) is 6.92 Å². The van der Waals surface area contributed by atoms with Gasteiger partial charge in [-0.2, -0.15) is 5.10 Å². The second-order valence-electron chi connectivity index (χ2n) is 3.43. The topological polar surface area (TPSA) is 59.4 Å².